The van der Waals surface area contributed by atoms with E-state index in [2.05, 4.69) is 39.4 Å². The number of aromatic amines is 1. The number of fused-ring (bicyclic) bond motifs is 2. The molecule has 1 fully saturated rings. The fourth-order valence-electron chi connectivity index (χ4n) is 2.72. The first kappa shape index (κ1) is 18.9. The minimum Gasteiger partial charge on any atom is -0.490 e. The van der Waals surface area contributed by atoms with Crippen molar-refractivity contribution in [2.24, 2.45) is 0 Å². The lowest BCUT2D eigenvalue weighted by Crippen LogP contribution is -2.14. The number of carbonyl (C=O) groups excluding carboxylic acids is 1. The van der Waals surface area contributed by atoms with Crippen molar-refractivity contribution in [3.8, 4) is 5.75 Å². The third kappa shape index (κ3) is 4.21. The lowest BCUT2D eigenvalue weighted by atomic mass is 10.1. The molecule has 0 radical (unpaired) electrons. The van der Waals surface area contributed by atoms with Gasteiger partial charge in [-0.1, -0.05) is 26.7 Å². The number of rotatable bonds is 5. The van der Waals surface area contributed by atoms with Gasteiger partial charge in [0.2, 0.25) is 0 Å². The second kappa shape index (κ2) is 8.30. The molecule has 0 atom stereocenters. The van der Waals surface area contributed by atoms with E-state index in [0.29, 0.717) is 22.6 Å². The van der Waals surface area contributed by atoms with Crippen molar-refractivity contribution in [1.82, 2.24) is 24.8 Å². The van der Waals surface area contributed by atoms with Crippen molar-refractivity contribution < 1.29 is 11.0 Å². The first-order valence-corrected chi connectivity index (χ1v) is 9.93. The Hall–Kier alpha value is -3.42. The van der Waals surface area contributed by atoms with Crippen molar-refractivity contribution in [3.63, 3.8) is 0 Å². The van der Waals surface area contributed by atoms with Gasteiger partial charge in [0.1, 0.15) is 11.4 Å². The van der Waals surface area contributed by atoms with Crippen LogP contribution in [-0.2, 0) is 0 Å². The van der Waals surface area contributed by atoms with Gasteiger partial charge in [-0.25, -0.2) is 9.50 Å². The minimum atomic E-state index is -0.265. The van der Waals surface area contributed by atoms with Crippen LogP contribution in [-0.4, -0.2) is 36.8 Å². The summed E-state index contributed by atoms with van der Waals surface area (Å²) in [7, 11) is 0. The summed E-state index contributed by atoms with van der Waals surface area (Å²) in [4.78, 5) is 17.1. The lowest BCUT2D eigenvalue weighted by molar-refractivity contribution is 0.102. The Morgan fingerprint density at radius 2 is 2.14 bits per heavy atom. The SMILES string of the molecule is CCCC.O=C(Nc1cnn2cccnc12)c1cc2cn[nH]c2cc1OC1CC1.[HH]. The van der Waals surface area contributed by atoms with Gasteiger partial charge in [0.25, 0.3) is 5.91 Å². The van der Waals surface area contributed by atoms with Gasteiger partial charge in [0, 0.05) is 25.3 Å². The molecule has 29 heavy (non-hydrogen) atoms. The van der Waals surface area contributed by atoms with Crippen LogP contribution in [0.5, 0.6) is 5.75 Å². The van der Waals surface area contributed by atoms with Gasteiger partial charge < -0.3 is 10.1 Å². The van der Waals surface area contributed by atoms with Crippen LogP contribution in [0.15, 0.2) is 43.0 Å². The van der Waals surface area contributed by atoms with Crippen molar-refractivity contribution in [2.45, 2.75) is 45.6 Å². The molecule has 3 heterocycles. The maximum atomic E-state index is 12.9. The molecule has 4 aromatic rings. The third-order valence-electron chi connectivity index (χ3n) is 4.63. The van der Waals surface area contributed by atoms with Crippen LogP contribution < -0.4 is 10.1 Å². The number of hydrogen-bond acceptors (Lipinski definition) is 5. The largest absolute Gasteiger partial charge is 0.490 e. The molecule has 8 nitrogen and oxygen atoms in total. The highest BCUT2D eigenvalue weighted by Gasteiger charge is 2.26. The number of unbranched alkanes of at least 4 members (excludes halogenated alkanes) is 1. The number of benzene rings is 1. The summed E-state index contributed by atoms with van der Waals surface area (Å²) < 4.78 is 7.52. The van der Waals surface area contributed by atoms with E-state index in [1.807, 2.05) is 6.07 Å². The quantitative estimate of drug-likeness (QED) is 0.521. The fraction of sp³-hybridized carbons (Fsp3) is 0.333. The maximum absolute atomic E-state index is 12.9. The monoisotopic (exact) mass is 394 g/mol. The van der Waals surface area contributed by atoms with Crippen LogP contribution in [0, 0.1) is 0 Å². The fourth-order valence-corrected chi connectivity index (χ4v) is 2.72. The Balaban J connectivity index is 0.000000473. The topological polar surface area (TPSA) is 97.2 Å². The molecular formula is C21H26N6O2. The van der Waals surface area contributed by atoms with E-state index in [1.165, 1.54) is 12.8 Å². The smallest absolute Gasteiger partial charge is 0.259 e. The maximum Gasteiger partial charge on any atom is 0.259 e. The Bertz CT molecular complexity index is 1130. The molecule has 0 aliphatic heterocycles. The molecular weight excluding hydrogens is 368 g/mol. The molecule has 0 saturated heterocycles. The second-order valence-corrected chi connectivity index (χ2v) is 7.02. The van der Waals surface area contributed by atoms with Gasteiger partial charge in [0.05, 0.1) is 29.6 Å². The number of carbonyl (C=O) groups is 1. The number of anilines is 1. The number of aromatic nitrogens is 5. The summed E-state index contributed by atoms with van der Waals surface area (Å²) in [6.45, 7) is 4.36. The van der Waals surface area contributed by atoms with Gasteiger partial charge in [-0.2, -0.15) is 10.2 Å². The Morgan fingerprint density at radius 3 is 2.90 bits per heavy atom. The van der Waals surface area contributed by atoms with Crippen LogP contribution in [0.2, 0.25) is 0 Å². The summed E-state index contributed by atoms with van der Waals surface area (Å²) in [5.74, 6) is 0.292. The molecule has 2 N–H and O–H groups in total. The van der Waals surface area contributed by atoms with E-state index in [4.69, 9.17) is 4.74 Å². The zero-order chi connectivity index (χ0) is 20.2. The Morgan fingerprint density at radius 1 is 1.31 bits per heavy atom. The van der Waals surface area contributed by atoms with Crippen LogP contribution in [0.4, 0.5) is 5.69 Å². The molecule has 5 rings (SSSR count). The van der Waals surface area contributed by atoms with Crippen molar-refractivity contribution in [2.75, 3.05) is 5.32 Å². The minimum absolute atomic E-state index is 0. The standard InChI is InChI=1S/C17H14N6O2.C4H10.H2/c24-17(21-14-9-20-23-5-1-4-18-16(14)23)12-6-10-8-19-22-13(10)7-15(12)25-11-2-3-11;1-3-4-2;/h1,4-9,11H,2-3H2,(H,19,22)(H,21,24);3-4H2,1-2H3;1H. The van der Waals surface area contributed by atoms with E-state index < -0.39 is 0 Å². The molecule has 1 aliphatic rings. The summed E-state index contributed by atoms with van der Waals surface area (Å²) in [5.41, 5.74) is 2.45. The number of nitrogens with zero attached hydrogens (tertiary/aromatic N) is 4. The van der Waals surface area contributed by atoms with E-state index >= 15 is 0 Å². The van der Waals surface area contributed by atoms with Crippen LogP contribution in [0.1, 0.15) is 51.3 Å². The average Bonchev–Trinajstić information content (AvgIpc) is 3.29. The van der Waals surface area contributed by atoms with Crippen molar-refractivity contribution in [3.05, 3.63) is 48.5 Å². The normalized spacial score (nSPS) is 13.2. The van der Waals surface area contributed by atoms with Gasteiger partial charge in [0.15, 0.2) is 5.65 Å². The first-order valence-electron chi connectivity index (χ1n) is 9.93. The number of amides is 1. The molecule has 0 bridgehead atoms. The molecule has 3 aromatic heterocycles. The van der Waals surface area contributed by atoms with Crippen molar-refractivity contribution >= 4 is 28.1 Å². The average molecular weight is 394 g/mol. The molecule has 0 unspecified atom stereocenters. The highest BCUT2D eigenvalue weighted by molar-refractivity contribution is 6.09. The van der Waals surface area contributed by atoms with Crippen molar-refractivity contribution in [1.29, 1.82) is 0 Å². The molecule has 8 heteroatoms. The summed E-state index contributed by atoms with van der Waals surface area (Å²) in [5, 5.41) is 14.8. The first-order chi connectivity index (χ1) is 14.2. The zero-order valence-electron chi connectivity index (χ0n) is 16.6. The van der Waals surface area contributed by atoms with Gasteiger partial charge >= 0.3 is 0 Å². The molecule has 152 valence electrons. The Labute approximate surface area is 169 Å². The highest BCUT2D eigenvalue weighted by atomic mass is 16.5. The van der Waals surface area contributed by atoms with E-state index in [0.717, 1.165) is 23.7 Å². The van der Waals surface area contributed by atoms with Crippen LogP contribution in [0.25, 0.3) is 16.6 Å². The number of hydrogen-bond donors (Lipinski definition) is 2. The molecule has 1 aliphatic carbocycles. The van der Waals surface area contributed by atoms with Gasteiger partial charge in [-0.05, 0) is 25.0 Å². The number of H-pyrrole nitrogens is 1. The molecule has 1 amide bonds. The van der Waals surface area contributed by atoms with E-state index in [-0.39, 0.29) is 13.4 Å². The Kier molecular flexibility index (Phi) is 5.41. The molecule has 1 aromatic carbocycles. The predicted octanol–water partition coefficient (Wildman–Crippen LogP) is 4.45. The van der Waals surface area contributed by atoms with Crippen LogP contribution >= 0.6 is 0 Å². The number of ether oxygens (including phenoxy) is 1. The second-order valence-electron chi connectivity index (χ2n) is 7.02. The third-order valence-corrected chi connectivity index (χ3v) is 4.63. The van der Waals surface area contributed by atoms with E-state index in [9.17, 15) is 4.79 Å². The van der Waals surface area contributed by atoms with E-state index in [1.54, 1.807) is 41.4 Å². The van der Waals surface area contributed by atoms with Gasteiger partial charge in [-0.3, -0.25) is 9.89 Å². The van der Waals surface area contributed by atoms with Gasteiger partial charge in [-0.15, -0.1) is 0 Å². The zero-order valence-corrected chi connectivity index (χ0v) is 16.6. The lowest BCUT2D eigenvalue weighted by Gasteiger charge is -2.11. The summed E-state index contributed by atoms with van der Waals surface area (Å²) in [6.07, 6.45) is 11.6. The number of nitrogens with one attached hydrogen (secondary N) is 2. The summed E-state index contributed by atoms with van der Waals surface area (Å²) >= 11 is 0. The predicted molar refractivity (Wildman–Crippen MR) is 113 cm³/mol. The molecule has 1 saturated carbocycles. The highest BCUT2D eigenvalue weighted by Crippen LogP contribution is 2.32. The molecule has 0 spiro atoms. The van der Waals surface area contributed by atoms with Crippen LogP contribution in [0.3, 0.4) is 0 Å². The summed E-state index contributed by atoms with van der Waals surface area (Å²) in [6, 6.07) is 5.38.